The van der Waals surface area contributed by atoms with Gasteiger partial charge in [-0.2, -0.15) is 5.26 Å². The number of phenols is 1. The van der Waals surface area contributed by atoms with Crippen molar-refractivity contribution in [3.8, 4) is 11.2 Å². The van der Waals surface area contributed by atoms with Gasteiger partial charge in [0, 0.05) is 5.75 Å². The Balaban J connectivity index is 2.54. The summed E-state index contributed by atoms with van der Waals surface area (Å²) >= 11 is 0.668. The number of aliphatic carboxylic acids is 1. The van der Waals surface area contributed by atoms with Crippen molar-refractivity contribution in [1.82, 2.24) is 26.6 Å². The number of carbonyl (C=O) groups excluding carboxylic acids is 5. The number of hydrogen-bond acceptors (Lipinski definition) is 10. The van der Waals surface area contributed by atoms with Gasteiger partial charge in [-0.1, -0.05) is 12.1 Å². The first-order valence-electron chi connectivity index (χ1n) is 12.0. The monoisotopic (exact) mass is 579 g/mol. The topological polar surface area (TPSA) is 253 Å². The van der Waals surface area contributed by atoms with E-state index in [0.29, 0.717) is 17.3 Å². The number of carboxylic acid groups (broad SMARTS) is 1. The molecule has 0 aromatic heterocycles. The maximum absolute atomic E-state index is 12.4. The molecule has 16 heteroatoms. The van der Waals surface area contributed by atoms with Crippen molar-refractivity contribution in [2.75, 3.05) is 12.3 Å². The number of phenolic OH excluding ortho intramolecular Hbond substituents is 1. The fourth-order valence-corrected chi connectivity index (χ4v) is 3.49. The van der Waals surface area contributed by atoms with Crippen LogP contribution in [0.3, 0.4) is 0 Å². The van der Waals surface area contributed by atoms with Gasteiger partial charge in [-0.15, -0.1) is 0 Å². The van der Waals surface area contributed by atoms with Gasteiger partial charge in [-0.3, -0.25) is 28.8 Å². The van der Waals surface area contributed by atoms with E-state index in [4.69, 9.17) is 16.1 Å². The van der Waals surface area contributed by atoms with Crippen LogP contribution in [0.1, 0.15) is 26.3 Å². The summed E-state index contributed by atoms with van der Waals surface area (Å²) < 4.78 is 0. The molecule has 0 saturated carbocycles. The Labute approximate surface area is 234 Å². The molecule has 0 aliphatic heterocycles. The predicted molar refractivity (Wildman–Crippen MR) is 143 cm³/mol. The van der Waals surface area contributed by atoms with Crippen molar-refractivity contribution in [3.63, 3.8) is 0 Å². The first kappa shape index (κ1) is 33.7. The fraction of sp³-hybridized carbons (Fsp3) is 0.458. The number of aromatic hydroxyl groups is 1. The summed E-state index contributed by atoms with van der Waals surface area (Å²) in [6.45, 7) is 3.40. The van der Waals surface area contributed by atoms with Crippen molar-refractivity contribution in [1.29, 1.82) is 5.26 Å². The van der Waals surface area contributed by atoms with Crippen molar-refractivity contribution < 1.29 is 39.0 Å². The minimum Gasteiger partial charge on any atom is -0.508 e. The molecule has 0 heterocycles. The molecule has 1 rings (SSSR count). The van der Waals surface area contributed by atoms with Crippen LogP contribution in [0.15, 0.2) is 24.3 Å². The lowest BCUT2D eigenvalue weighted by molar-refractivity contribution is -0.141. The Bertz CT molecular complexity index is 1130. The summed E-state index contributed by atoms with van der Waals surface area (Å²) in [5.74, 6) is -5.03. The van der Waals surface area contributed by atoms with Gasteiger partial charge in [0.25, 0.3) is 0 Å². The van der Waals surface area contributed by atoms with Gasteiger partial charge in [0.1, 0.15) is 35.3 Å². The highest BCUT2D eigenvalue weighted by Crippen LogP contribution is 2.11. The second kappa shape index (κ2) is 16.6. The lowest BCUT2D eigenvalue weighted by Gasteiger charge is -2.21. The number of thiocyanates is 1. The van der Waals surface area contributed by atoms with Gasteiger partial charge >= 0.3 is 5.97 Å². The van der Waals surface area contributed by atoms with E-state index < -0.39 is 72.3 Å². The molecule has 9 N–H and O–H groups in total. The van der Waals surface area contributed by atoms with Crippen molar-refractivity contribution in [2.45, 2.75) is 57.4 Å². The third-order valence-electron chi connectivity index (χ3n) is 5.35. The maximum atomic E-state index is 12.4. The number of nitriles is 1. The number of benzene rings is 1. The summed E-state index contributed by atoms with van der Waals surface area (Å²) in [4.78, 5) is 72.6. The summed E-state index contributed by atoms with van der Waals surface area (Å²) in [5, 5.41) is 40.4. The molecule has 5 atom stereocenters. The number of nitrogens with one attached hydrogen (secondary N) is 5. The van der Waals surface area contributed by atoms with E-state index in [2.05, 4.69) is 26.6 Å². The van der Waals surface area contributed by atoms with Crippen LogP contribution >= 0.6 is 11.8 Å². The molecular weight excluding hydrogens is 546 g/mol. The molecule has 0 bridgehead atoms. The van der Waals surface area contributed by atoms with Gasteiger partial charge in [-0.05, 0) is 56.7 Å². The number of rotatable bonds is 15. The van der Waals surface area contributed by atoms with E-state index in [1.807, 2.05) is 0 Å². The number of carbonyl (C=O) groups is 6. The number of amides is 5. The molecule has 0 spiro atoms. The van der Waals surface area contributed by atoms with Crippen LogP contribution in [-0.2, 0) is 35.2 Å². The molecule has 0 aliphatic rings. The van der Waals surface area contributed by atoms with E-state index in [-0.39, 0.29) is 17.9 Å². The van der Waals surface area contributed by atoms with Crippen LogP contribution in [0, 0.1) is 10.7 Å². The highest BCUT2D eigenvalue weighted by molar-refractivity contribution is 8.03. The van der Waals surface area contributed by atoms with Crippen LogP contribution in [0.5, 0.6) is 5.75 Å². The van der Waals surface area contributed by atoms with Crippen LogP contribution in [0.4, 0.5) is 0 Å². The molecule has 0 radical (unpaired) electrons. The Morgan fingerprint density at radius 3 is 2.00 bits per heavy atom. The zero-order valence-corrected chi connectivity index (χ0v) is 22.9. The third-order valence-corrected chi connectivity index (χ3v) is 5.98. The van der Waals surface area contributed by atoms with Gasteiger partial charge < -0.3 is 42.5 Å². The SMILES string of the molecule is C[C@H](NC(=O)[C@H](CSC#N)NC(=O)CNC(=O)[C@H](C)NC(=O)[C@H](C)NC(=O)[C@@H](N)Cc1ccc(O)cc1)C(=O)O. The van der Waals surface area contributed by atoms with Crippen molar-refractivity contribution in [2.24, 2.45) is 5.73 Å². The molecule has 15 nitrogen and oxygen atoms in total. The number of carboxylic acids is 1. The summed E-state index contributed by atoms with van der Waals surface area (Å²) in [7, 11) is 0. The molecule has 1 aromatic carbocycles. The van der Waals surface area contributed by atoms with Gasteiger partial charge in [0.05, 0.1) is 12.6 Å². The molecule has 0 unspecified atom stereocenters. The van der Waals surface area contributed by atoms with E-state index in [1.165, 1.54) is 32.9 Å². The van der Waals surface area contributed by atoms with Crippen LogP contribution in [0.25, 0.3) is 0 Å². The zero-order valence-electron chi connectivity index (χ0n) is 22.1. The molecular formula is C24H33N7O8S. The van der Waals surface area contributed by atoms with Gasteiger partial charge in [0.2, 0.25) is 29.5 Å². The smallest absolute Gasteiger partial charge is 0.325 e. The molecule has 218 valence electrons. The predicted octanol–water partition coefficient (Wildman–Crippen LogP) is -2.32. The minimum absolute atomic E-state index is 0.0693. The highest BCUT2D eigenvalue weighted by atomic mass is 32.2. The summed E-state index contributed by atoms with van der Waals surface area (Å²) in [5.41, 5.74) is 6.60. The lowest BCUT2D eigenvalue weighted by Crippen LogP contribution is -2.56. The molecule has 0 saturated heterocycles. The Morgan fingerprint density at radius 2 is 1.43 bits per heavy atom. The molecule has 1 aromatic rings. The normalized spacial score (nSPS) is 14.2. The number of nitrogens with two attached hydrogens (primary N) is 1. The zero-order chi connectivity index (χ0) is 30.4. The maximum Gasteiger partial charge on any atom is 0.325 e. The average Bonchev–Trinajstić information content (AvgIpc) is 2.90. The third kappa shape index (κ3) is 12.0. The Morgan fingerprint density at radius 1 is 0.875 bits per heavy atom. The average molecular weight is 580 g/mol. The second-order valence-corrected chi connectivity index (χ2v) is 9.55. The Kier molecular flexibility index (Phi) is 13.9. The van der Waals surface area contributed by atoms with Crippen LogP contribution in [0.2, 0.25) is 0 Å². The van der Waals surface area contributed by atoms with Gasteiger partial charge in [0.15, 0.2) is 0 Å². The summed E-state index contributed by atoms with van der Waals surface area (Å²) in [6, 6.07) is 0.554. The first-order valence-corrected chi connectivity index (χ1v) is 13.0. The highest BCUT2D eigenvalue weighted by Gasteiger charge is 2.26. The van der Waals surface area contributed by atoms with Crippen LogP contribution < -0.4 is 32.3 Å². The molecule has 0 aliphatic carbocycles. The summed E-state index contributed by atoms with van der Waals surface area (Å²) in [6.07, 6.45) is 0.164. The first-order chi connectivity index (χ1) is 18.7. The van der Waals surface area contributed by atoms with Crippen molar-refractivity contribution in [3.05, 3.63) is 29.8 Å². The molecule has 5 amide bonds. The number of nitrogens with zero attached hydrogens (tertiary/aromatic N) is 1. The van der Waals surface area contributed by atoms with E-state index in [9.17, 15) is 33.9 Å². The molecule has 40 heavy (non-hydrogen) atoms. The standard InChI is InChI=1S/C24H33N7O8S/c1-12(28-21(35)13(2)29-22(36)17(26)8-15-4-6-16(32)7-5-15)20(34)27-9-19(33)31-18(10-40-11-25)23(37)30-14(3)24(38)39/h4-7,12-14,17-18,32H,8-10,26H2,1-3H3,(H,27,34)(H,28,35)(H,29,36)(H,30,37)(H,31,33)(H,38,39)/t12-,13-,14-,17-,18-/m0/s1. The largest absolute Gasteiger partial charge is 0.508 e. The quantitative estimate of drug-likeness (QED) is 0.102. The second-order valence-electron chi connectivity index (χ2n) is 8.75. The van der Waals surface area contributed by atoms with E-state index >= 15 is 0 Å². The van der Waals surface area contributed by atoms with Gasteiger partial charge in [-0.25, -0.2) is 0 Å². The fourth-order valence-electron chi connectivity index (χ4n) is 3.01. The minimum atomic E-state index is -1.29. The number of hydrogen-bond donors (Lipinski definition) is 8. The number of thioether (sulfide) groups is 1. The van der Waals surface area contributed by atoms with Crippen LogP contribution in [-0.4, -0.2) is 88.2 Å². The van der Waals surface area contributed by atoms with Crippen molar-refractivity contribution >= 4 is 47.3 Å². The van der Waals surface area contributed by atoms with E-state index in [1.54, 1.807) is 17.5 Å². The molecule has 0 fully saturated rings. The van der Waals surface area contributed by atoms with E-state index in [0.717, 1.165) is 0 Å². The lowest BCUT2D eigenvalue weighted by atomic mass is 10.1. The Hall–Kier alpha value is -4.36.